The number of H-pyrrole nitrogens is 1. The zero-order valence-electron chi connectivity index (χ0n) is 39.2. The monoisotopic (exact) mass is 981 g/mol. The zero-order valence-corrected chi connectivity index (χ0v) is 40.8. The van der Waals surface area contributed by atoms with Crippen molar-refractivity contribution in [3.8, 4) is 32.7 Å². The molecule has 364 valence electrons. The fourth-order valence-electron chi connectivity index (χ4n) is 8.95. The van der Waals surface area contributed by atoms with Crippen LogP contribution in [-0.2, 0) is 31.0 Å². The normalized spacial score (nSPS) is 17.3. The van der Waals surface area contributed by atoms with Gasteiger partial charge < -0.3 is 30.5 Å². The van der Waals surface area contributed by atoms with Gasteiger partial charge in [-0.05, 0) is 65.8 Å². The Morgan fingerprint density at radius 3 is 2.33 bits per heavy atom. The number of hydrogen-bond acceptors (Lipinski definition) is 11. The summed E-state index contributed by atoms with van der Waals surface area (Å²) >= 11 is 1.57. The zero-order chi connectivity index (χ0) is 49.2. The van der Waals surface area contributed by atoms with E-state index in [4.69, 9.17) is 0 Å². The Morgan fingerprint density at radius 2 is 1.67 bits per heavy atom. The summed E-state index contributed by atoms with van der Waals surface area (Å²) in [6.45, 7) is 12.0. The predicted octanol–water partition coefficient (Wildman–Crippen LogP) is 6.69. The van der Waals surface area contributed by atoms with E-state index < -0.39 is 51.2 Å². The molecule has 3 amide bonds. The highest BCUT2D eigenvalue weighted by molar-refractivity contribution is 7.92. The first-order valence-electron chi connectivity index (χ1n) is 23.0. The molecule has 6 aromatic rings. The number of carbonyl (C=O) groups is 3. The van der Waals surface area contributed by atoms with Crippen molar-refractivity contribution in [1.29, 1.82) is 0 Å². The smallest absolute Gasteiger partial charge is 0.246 e. The minimum Gasteiger partial charge on any atom is -0.391 e. The summed E-state index contributed by atoms with van der Waals surface area (Å²) in [5.41, 5.74) is 6.39. The van der Waals surface area contributed by atoms with E-state index in [9.17, 15) is 27.9 Å². The second-order valence-corrected chi connectivity index (χ2v) is 21.5. The van der Waals surface area contributed by atoms with Gasteiger partial charge in [0.25, 0.3) is 0 Å². The standard InChI is InChI=1S/C50H57F2N9O6S2/c1-6-21-69(66,67)58-40-16-15-39(51)43(44(40)52)38-26-54-47-37(38)22-34(25-53-47)32-11-13-35(14-12-32)60-19-17-59(18-20-60)28-42(63)57-46(50(3,4)5)49(65)61-27-36(62)23-41(61)48(64)55-24-31-7-9-33(10-8-31)45-30(2)56-29-68-45/h7-16,22,25-26,29,36,41,46,58,62H,6,17-21,23-24,27-28H2,1-5H3,(H,53,54)(H,55,64)(H,57,63)/t36-,41+,46-/m1/s1. The van der Waals surface area contributed by atoms with Crippen molar-refractivity contribution in [3.05, 3.63) is 108 Å². The van der Waals surface area contributed by atoms with Gasteiger partial charge in [-0.2, -0.15) is 0 Å². The molecule has 15 nitrogen and oxygen atoms in total. The Labute approximate surface area is 404 Å². The second-order valence-electron chi connectivity index (χ2n) is 18.8. The van der Waals surface area contributed by atoms with Gasteiger partial charge in [-0.1, -0.05) is 64.1 Å². The lowest BCUT2D eigenvalue weighted by atomic mass is 9.85. The van der Waals surface area contributed by atoms with E-state index in [2.05, 4.69) is 35.2 Å². The summed E-state index contributed by atoms with van der Waals surface area (Å²) in [6, 6.07) is 17.8. The molecular formula is C50H57F2N9O6S2. The quantitative estimate of drug-likeness (QED) is 0.0741. The maximum Gasteiger partial charge on any atom is 0.246 e. The topological polar surface area (TPSA) is 193 Å². The number of anilines is 2. The van der Waals surface area contributed by atoms with Crippen LogP contribution in [0.25, 0.3) is 43.7 Å². The molecule has 3 atom stereocenters. The maximum absolute atomic E-state index is 15.8. The number of likely N-dealkylation sites (tertiary alicyclic amines) is 1. The van der Waals surface area contributed by atoms with Gasteiger partial charge in [0.1, 0.15) is 23.5 Å². The molecule has 2 saturated heterocycles. The number of amides is 3. The van der Waals surface area contributed by atoms with Crippen molar-refractivity contribution in [2.45, 2.75) is 72.2 Å². The lowest BCUT2D eigenvalue weighted by Crippen LogP contribution is -2.59. The van der Waals surface area contributed by atoms with Crippen LogP contribution in [0.3, 0.4) is 0 Å². The van der Waals surface area contributed by atoms with Gasteiger partial charge in [-0.25, -0.2) is 27.2 Å². The SMILES string of the molecule is CCCS(=O)(=O)Nc1ccc(F)c(-c2c[nH]c3ncc(-c4ccc(N5CCN(CC(=O)N[C@H](C(=O)N6C[C@H](O)C[C@H]6C(=O)NCc6ccc(-c7scnc7C)cc6)C(C)(C)C)CC5)cc4)cc23)c1F. The third-order valence-corrected chi connectivity index (χ3v) is 15.1. The molecule has 0 unspecified atom stereocenters. The number of aryl methyl sites for hydroxylation is 1. The number of aromatic nitrogens is 3. The van der Waals surface area contributed by atoms with Gasteiger partial charge in [0.2, 0.25) is 27.7 Å². The summed E-state index contributed by atoms with van der Waals surface area (Å²) in [5, 5.41) is 17.0. The molecule has 2 fully saturated rings. The van der Waals surface area contributed by atoms with Crippen LogP contribution in [-0.4, -0.2) is 119 Å². The molecule has 2 aliphatic rings. The summed E-state index contributed by atoms with van der Waals surface area (Å²) in [5.74, 6) is -3.18. The average molecular weight is 982 g/mol. The average Bonchev–Trinajstić information content (AvgIpc) is 4.06. The van der Waals surface area contributed by atoms with Crippen molar-refractivity contribution in [3.63, 3.8) is 0 Å². The van der Waals surface area contributed by atoms with Crippen molar-refractivity contribution < 1.29 is 36.7 Å². The lowest BCUT2D eigenvalue weighted by Gasteiger charge is -2.37. The van der Waals surface area contributed by atoms with Crippen LogP contribution in [0.5, 0.6) is 0 Å². The number of hydrogen-bond donors (Lipinski definition) is 5. The highest BCUT2D eigenvalue weighted by atomic mass is 32.2. The molecule has 69 heavy (non-hydrogen) atoms. The molecule has 3 aromatic heterocycles. The number of carbonyl (C=O) groups excluding carboxylic acids is 3. The van der Waals surface area contributed by atoms with E-state index in [0.29, 0.717) is 49.2 Å². The predicted molar refractivity (Wildman–Crippen MR) is 265 cm³/mol. The number of β-amino-alcohol motifs (C(OH)–C–C–N with tert-alkyl or cyclic N) is 1. The van der Waals surface area contributed by atoms with Gasteiger partial charge >= 0.3 is 0 Å². The minimum atomic E-state index is -3.82. The number of pyridine rings is 1. The number of nitrogens with one attached hydrogen (secondary N) is 4. The van der Waals surface area contributed by atoms with Gasteiger partial charge in [0, 0.05) is 80.3 Å². The number of thiazole rings is 1. The Balaban J connectivity index is 0.859. The molecule has 2 aliphatic heterocycles. The van der Waals surface area contributed by atoms with Crippen LogP contribution in [0, 0.1) is 24.0 Å². The van der Waals surface area contributed by atoms with Crippen LogP contribution in [0.15, 0.2) is 84.6 Å². The van der Waals surface area contributed by atoms with Crippen LogP contribution < -0.4 is 20.3 Å². The Morgan fingerprint density at radius 1 is 0.957 bits per heavy atom. The first kappa shape index (κ1) is 49.2. The molecule has 0 spiro atoms. The highest BCUT2D eigenvalue weighted by Gasteiger charge is 2.44. The summed E-state index contributed by atoms with van der Waals surface area (Å²) in [6.07, 6.45) is 2.66. The van der Waals surface area contributed by atoms with Gasteiger partial charge in [0.05, 0.1) is 45.7 Å². The number of nitrogens with zero attached hydrogens (tertiary/aromatic N) is 5. The number of halogens is 2. The van der Waals surface area contributed by atoms with E-state index >= 15 is 8.78 Å². The maximum atomic E-state index is 15.8. The third-order valence-electron chi connectivity index (χ3n) is 12.6. The largest absolute Gasteiger partial charge is 0.391 e. The van der Waals surface area contributed by atoms with E-state index in [1.807, 2.05) is 86.6 Å². The first-order chi connectivity index (χ1) is 32.9. The molecule has 3 aromatic carbocycles. The number of sulfonamides is 1. The van der Waals surface area contributed by atoms with Crippen molar-refractivity contribution in [1.82, 2.24) is 35.4 Å². The number of fused-ring (bicyclic) bond motifs is 1. The lowest BCUT2D eigenvalue weighted by molar-refractivity contribution is -0.144. The molecule has 0 radical (unpaired) electrons. The molecule has 0 saturated carbocycles. The summed E-state index contributed by atoms with van der Waals surface area (Å²) < 4.78 is 58.1. The van der Waals surface area contributed by atoms with E-state index in [1.54, 1.807) is 30.5 Å². The molecule has 8 rings (SSSR count). The number of aromatic amines is 1. The van der Waals surface area contributed by atoms with Crippen molar-refractivity contribution in [2.24, 2.45) is 5.41 Å². The molecule has 5 heterocycles. The molecule has 19 heteroatoms. The first-order valence-corrected chi connectivity index (χ1v) is 25.5. The highest BCUT2D eigenvalue weighted by Crippen LogP contribution is 2.37. The Hall–Kier alpha value is -6.28. The van der Waals surface area contributed by atoms with E-state index in [1.165, 1.54) is 11.1 Å². The minimum absolute atomic E-state index is 0.0166. The number of aliphatic hydroxyl groups is 1. The van der Waals surface area contributed by atoms with Crippen molar-refractivity contribution >= 4 is 61.5 Å². The van der Waals surface area contributed by atoms with Crippen LogP contribution in [0.1, 0.15) is 51.8 Å². The fourth-order valence-corrected chi connectivity index (χ4v) is 10.9. The van der Waals surface area contributed by atoms with Crippen molar-refractivity contribution in [2.75, 3.05) is 54.6 Å². The Bertz CT molecular complexity index is 2950. The second kappa shape index (κ2) is 20.4. The van der Waals surface area contributed by atoms with Crippen LogP contribution >= 0.6 is 11.3 Å². The molecular weight excluding hydrogens is 925 g/mol. The summed E-state index contributed by atoms with van der Waals surface area (Å²) in [4.78, 5) is 59.9. The third kappa shape index (κ3) is 11.1. The van der Waals surface area contributed by atoms with Gasteiger partial charge in [-0.3, -0.25) is 24.0 Å². The number of benzene rings is 3. The van der Waals surface area contributed by atoms with E-state index in [0.717, 1.165) is 45.1 Å². The number of aliphatic hydroxyl groups excluding tert-OH is 1. The van der Waals surface area contributed by atoms with E-state index in [-0.39, 0.29) is 60.4 Å². The van der Waals surface area contributed by atoms with Gasteiger partial charge in [0.15, 0.2) is 5.82 Å². The summed E-state index contributed by atoms with van der Waals surface area (Å²) in [7, 11) is -3.82. The van der Waals surface area contributed by atoms with Crippen LogP contribution in [0.2, 0.25) is 0 Å². The number of piperazine rings is 1. The van der Waals surface area contributed by atoms with Crippen LogP contribution in [0.4, 0.5) is 20.2 Å². The fraction of sp³-hybridized carbons (Fsp3) is 0.380. The molecule has 0 aliphatic carbocycles. The molecule has 5 N–H and O–H groups in total. The van der Waals surface area contributed by atoms with Gasteiger partial charge in [-0.15, -0.1) is 11.3 Å². The number of rotatable bonds is 15. The molecule has 0 bridgehead atoms. The Kier molecular flexibility index (Phi) is 14.5.